The van der Waals surface area contributed by atoms with Gasteiger partial charge < -0.3 is 14.2 Å². The molecule has 4 aromatic rings. The van der Waals surface area contributed by atoms with Crippen molar-refractivity contribution in [2.24, 2.45) is 0 Å². The summed E-state index contributed by atoms with van der Waals surface area (Å²) >= 11 is 0. The molecule has 0 saturated heterocycles. The third-order valence-corrected chi connectivity index (χ3v) is 5.66. The molecular weight excluding hydrogens is 438 g/mol. The molecule has 176 valence electrons. The highest BCUT2D eigenvalue weighted by molar-refractivity contribution is 5.94. The number of rotatable bonds is 8. The van der Waals surface area contributed by atoms with Crippen LogP contribution < -0.4 is 0 Å². The first kappa shape index (κ1) is 23.9. The molecule has 3 aromatic carbocycles. The maximum absolute atomic E-state index is 13.4. The van der Waals surface area contributed by atoms with Crippen LogP contribution in [0, 0.1) is 18.3 Å². The van der Waals surface area contributed by atoms with Gasteiger partial charge in [-0.15, -0.1) is 10.2 Å². The van der Waals surface area contributed by atoms with Crippen LogP contribution in [-0.4, -0.2) is 53.1 Å². The van der Waals surface area contributed by atoms with Crippen molar-refractivity contribution in [3.8, 4) is 29.0 Å². The minimum Gasteiger partial charge on any atom is -0.416 e. The SMILES string of the molecule is Cc1ccc(-c2nnc(-c3ccc(C(=O)N(CCN(C)C)Cc4ccc(C#N)cc4)cc3)o2)cc1. The van der Waals surface area contributed by atoms with E-state index in [1.54, 1.807) is 24.3 Å². The van der Waals surface area contributed by atoms with E-state index >= 15 is 0 Å². The van der Waals surface area contributed by atoms with Crippen LogP contribution in [0.4, 0.5) is 0 Å². The van der Waals surface area contributed by atoms with Gasteiger partial charge in [0.25, 0.3) is 5.91 Å². The molecule has 0 fully saturated rings. The zero-order chi connectivity index (χ0) is 24.8. The standard InChI is InChI=1S/C28H27N5O2/c1-20-4-10-23(11-5-20)26-30-31-27(35-26)24-12-14-25(15-13-24)28(34)33(17-16-32(2)3)19-22-8-6-21(18-29)7-9-22/h4-15H,16-17,19H2,1-3H3. The Kier molecular flexibility index (Phi) is 7.34. The largest absolute Gasteiger partial charge is 0.416 e. The van der Waals surface area contributed by atoms with E-state index < -0.39 is 0 Å². The number of amides is 1. The van der Waals surface area contributed by atoms with Crippen LogP contribution >= 0.6 is 0 Å². The van der Waals surface area contributed by atoms with Gasteiger partial charge in [0.1, 0.15) is 0 Å². The first-order valence-corrected chi connectivity index (χ1v) is 11.4. The first-order valence-electron chi connectivity index (χ1n) is 11.4. The quantitative estimate of drug-likeness (QED) is 0.372. The number of aryl methyl sites for hydroxylation is 1. The Balaban J connectivity index is 1.51. The molecular formula is C28H27N5O2. The van der Waals surface area contributed by atoms with Gasteiger partial charge in [-0.05, 0) is 75.1 Å². The number of benzene rings is 3. The molecule has 1 amide bonds. The van der Waals surface area contributed by atoms with Gasteiger partial charge in [-0.25, -0.2) is 0 Å². The van der Waals surface area contributed by atoms with Gasteiger partial charge in [-0.3, -0.25) is 4.79 Å². The van der Waals surface area contributed by atoms with Crippen molar-refractivity contribution in [3.05, 3.63) is 95.1 Å². The Morgan fingerprint density at radius 1 is 0.857 bits per heavy atom. The van der Waals surface area contributed by atoms with Crippen molar-refractivity contribution in [2.45, 2.75) is 13.5 Å². The number of hydrogen-bond acceptors (Lipinski definition) is 6. The number of hydrogen-bond donors (Lipinski definition) is 0. The monoisotopic (exact) mass is 465 g/mol. The van der Waals surface area contributed by atoms with Gasteiger partial charge in [0.2, 0.25) is 11.8 Å². The molecule has 0 unspecified atom stereocenters. The summed E-state index contributed by atoms with van der Waals surface area (Å²) in [4.78, 5) is 17.2. The number of carbonyl (C=O) groups is 1. The molecule has 0 aliphatic rings. The fraction of sp³-hybridized carbons (Fsp3) is 0.214. The maximum atomic E-state index is 13.4. The molecule has 1 heterocycles. The summed E-state index contributed by atoms with van der Waals surface area (Å²) in [5.74, 6) is 0.799. The molecule has 1 aromatic heterocycles. The van der Waals surface area contributed by atoms with E-state index in [-0.39, 0.29) is 5.91 Å². The smallest absolute Gasteiger partial charge is 0.254 e. The molecule has 0 radical (unpaired) electrons. The third-order valence-electron chi connectivity index (χ3n) is 5.66. The van der Waals surface area contributed by atoms with Crippen LogP contribution in [0.15, 0.2) is 77.2 Å². The summed E-state index contributed by atoms with van der Waals surface area (Å²) in [6, 6.07) is 24.6. The Bertz CT molecular complexity index is 1320. The Morgan fingerprint density at radius 3 is 1.97 bits per heavy atom. The van der Waals surface area contributed by atoms with E-state index in [0.29, 0.717) is 36.0 Å². The predicted molar refractivity (Wildman–Crippen MR) is 134 cm³/mol. The van der Waals surface area contributed by atoms with Gasteiger partial charge in [-0.1, -0.05) is 29.8 Å². The number of nitrogens with zero attached hydrogens (tertiary/aromatic N) is 5. The summed E-state index contributed by atoms with van der Waals surface area (Å²) in [7, 11) is 3.96. The molecule has 35 heavy (non-hydrogen) atoms. The number of likely N-dealkylation sites (N-methyl/N-ethyl adjacent to an activating group) is 1. The van der Waals surface area contributed by atoms with Gasteiger partial charge in [-0.2, -0.15) is 5.26 Å². The molecule has 0 bridgehead atoms. The van der Waals surface area contributed by atoms with E-state index in [1.807, 2.05) is 79.3 Å². The lowest BCUT2D eigenvalue weighted by molar-refractivity contribution is 0.0732. The van der Waals surface area contributed by atoms with E-state index in [2.05, 4.69) is 16.3 Å². The van der Waals surface area contributed by atoms with E-state index in [0.717, 1.165) is 28.8 Å². The van der Waals surface area contributed by atoms with E-state index in [9.17, 15) is 4.79 Å². The highest BCUT2D eigenvalue weighted by Crippen LogP contribution is 2.25. The van der Waals surface area contributed by atoms with Crippen molar-refractivity contribution in [3.63, 3.8) is 0 Å². The van der Waals surface area contributed by atoms with Crippen molar-refractivity contribution >= 4 is 5.91 Å². The molecule has 0 atom stereocenters. The number of aromatic nitrogens is 2. The highest BCUT2D eigenvalue weighted by Gasteiger charge is 2.18. The fourth-order valence-electron chi connectivity index (χ4n) is 3.57. The normalized spacial score (nSPS) is 10.8. The summed E-state index contributed by atoms with van der Waals surface area (Å²) < 4.78 is 5.86. The van der Waals surface area contributed by atoms with Crippen LogP contribution in [0.25, 0.3) is 22.9 Å². The van der Waals surface area contributed by atoms with Crippen molar-refractivity contribution in [2.75, 3.05) is 27.2 Å². The Morgan fingerprint density at radius 2 is 1.43 bits per heavy atom. The van der Waals surface area contributed by atoms with Crippen LogP contribution in [0.2, 0.25) is 0 Å². The summed E-state index contributed by atoms with van der Waals surface area (Å²) in [5.41, 5.74) is 4.93. The van der Waals surface area contributed by atoms with Crippen molar-refractivity contribution in [1.29, 1.82) is 5.26 Å². The van der Waals surface area contributed by atoms with E-state index in [1.165, 1.54) is 0 Å². The molecule has 7 heteroatoms. The van der Waals surface area contributed by atoms with Crippen molar-refractivity contribution < 1.29 is 9.21 Å². The second-order valence-corrected chi connectivity index (χ2v) is 8.69. The average Bonchev–Trinajstić information content (AvgIpc) is 3.37. The second kappa shape index (κ2) is 10.8. The minimum atomic E-state index is -0.0615. The molecule has 4 rings (SSSR count). The second-order valence-electron chi connectivity index (χ2n) is 8.69. The lowest BCUT2D eigenvalue weighted by atomic mass is 10.1. The minimum absolute atomic E-state index is 0.0615. The van der Waals surface area contributed by atoms with Gasteiger partial charge in [0.15, 0.2) is 0 Å². The average molecular weight is 466 g/mol. The van der Waals surface area contributed by atoms with Gasteiger partial charge >= 0.3 is 0 Å². The zero-order valence-electron chi connectivity index (χ0n) is 20.1. The summed E-state index contributed by atoms with van der Waals surface area (Å²) in [5, 5.41) is 17.4. The zero-order valence-corrected chi connectivity index (χ0v) is 20.1. The van der Waals surface area contributed by atoms with Crippen LogP contribution in [0.1, 0.15) is 27.0 Å². The molecule has 0 aliphatic carbocycles. The fourth-order valence-corrected chi connectivity index (χ4v) is 3.57. The van der Waals surface area contributed by atoms with Crippen molar-refractivity contribution in [1.82, 2.24) is 20.0 Å². The Labute approximate surface area is 205 Å². The predicted octanol–water partition coefficient (Wildman–Crippen LogP) is 4.79. The highest BCUT2D eigenvalue weighted by atomic mass is 16.4. The molecule has 0 saturated carbocycles. The lowest BCUT2D eigenvalue weighted by Crippen LogP contribution is -2.36. The third kappa shape index (κ3) is 5.99. The number of nitriles is 1. The van der Waals surface area contributed by atoms with Crippen LogP contribution in [0.5, 0.6) is 0 Å². The first-order chi connectivity index (χ1) is 16.9. The lowest BCUT2D eigenvalue weighted by Gasteiger charge is -2.25. The van der Waals surface area contributed by atoms with Gasteiger partial charge in [0, 0.05) is 36.3 Å². The van der Waals surface area contributed by atoms with Crippen LogP contribution in [0.3, 0.4) is 0 Å². The molecule has 0 aliphatic heterocycles. The van der Waals surface area contributed by atoms with Gasteiger partial charge in [0.05, 0.1) is 11.6 Å². The molecule has 0 N–H and O–H groups in total. The molecule has 0 spiro atoms. The topological polar surface area (TPSA) is 86.3 Å². The summed E-state index contributed by atoms with van der Waals surface area (Å²) in [6.07, 6.45) is 0. The maximum Gasteiger partial charge on any atom is 0.254 e. The molecule has 7 nitrogen and oxygen atoms in total. The van der Waals surface area contributed by atoms with Crippen LogP contribution in [-0.2, 0) is 6.54 Å². The Hall–Kier alpha value is -4.28. The van der Waals surface area contributed by atoms with E-state index in [4.69, 9.17) is 9.68 Å². The number of carbonyl (C=O) groups excluding carboxylic acids is 1. The summed E-state index contributed by atoms with van der Waals surface area (Å²) in [6.45, 7) is 3.81.